The maximum absolute atomic E-state index is 11.7. The van der Waals surface area contributed by atoms with Crippen LogP contribution in [0.2, 0.25) is 0 Å². The number of carboxylic acid groups (broad SMARTS) is 1. The van der Waals surface area contributed by atoms with Gasteiger partial charge in [-0.15, -0.1) is 0 Å². The van der Waals surface area contributed by atoms with Gasteiger partial charge in [-0.25, -0.2) is 18.2 Å². The van der Waals surface area contributed by atoms with Crippen molar-refractivity contribution >= 4 is 11.8 Å². The summed E-state index contributed by atoms with van der Waals surface area (Å²) >= 11 is 0. The van der Waals surface area contributed by atoms with Gasteiger partial charge in [0.05, 0.1) is 6.54 Å². The van der Waals surface area contributed by atoms with E-state index in [1.807, 2.05) is 0 Å². The van der Waals surface area contributed by atoms with Gasteiger partial charge in [0.25, 0.3) is 6.43 Å². The van der Waals surface area contributed by atoms with Crippen LogP contribution >= 0.6 is 0 Å². The first kappa shape index (κ1) is 9.36. The van der Waals surface area contributed by atoms with Crippen LogP contribution in [0.3, 0.4) is 0 Å². The monoisotopic (exact) mass is 193 g/mol. The quantitative estimate of drug-likeness (QED) is 0.721. The largest absolute Gasteiger partial charge is 0.476 e. The molecular weight excluding hydrogens is 188 g/mol. The van der Waals surface area contributed by atoms with Crippen molar-refractivity contribution < 1.29 is 23.3 Å². The Bertz CT molecular complexity index is 301. The first-order valence-corrected chi connectivity index (χ1v) is 3.19. The number of alkyl halides is 2. The van der Waals surface area contributed by atoms with Crippen molar-refractivity contribution in [3.05, 3.63) is 5.69 Å². The molecule has 2 N–H and O–H groups in total. The molecule has 13 heavy (non-hydrogen) atoms. The normalized spacial score (nSPS) is 10.4. The molecule has 6 nitrogen and oxygen atoms in total. The Morgan fingerprint density at radius 3 is 2.85 bits per heavy atom. The van der Waals surface area contributed by atoms with E-state index in [0.717, 1.165) is 0 Å². The van der Waals surface area contributed by atoms with Crippen molar-refractivity contribution in [3.63, 3.8) is 0 Å². The third kappa shape index (κ3) is 2.36. The van der Waals surface area contributed by atoms with Crippen LogP contribution in [0.25, 0.3) is 0 Å². The van der Waals surface area contributed by atoms with Crippen LogP contribution in [0.1, 0.15) is 10.5 Å². The van der Waals surface area contributed by atoms with Crippen molar-refractivity contribution in [2.45, 2.75) is 6.43 Å². The van der Waals surface area contributed by atoms with E-state index < -0.39 is 24.6 Å². The highest BCUT2D eigenvalue weighted by Crippen LogP contribution is 2.09. The van der Waals surface area contributed by atoms with Crippen molar-refractivity contribution in [1.29, 1.82) is 0 Å². The Morgan fingerprint density at radius 1 is 1.62 bits per heavy atom. The van der Waals surface area contributed by atoms with Crippen LogP contribution in [0.4, 0.5) is 14.6 Å². The molecule has 0 saturated heterocycles. The lowest BCUT2D eigenvalue weighted by Crippen LogP contribution is -2.13. The van der Waals surface area contributed by atoms with Gasteiger partial charge in [-0.05, 0) is 10.3 Å². The number of carbonyl (C=O) groups is 1. The fraction of sp³-hybridized carbons (Fsp3) is 0.400. The minimum absolute atomic E-state index is 0.298. The second-order valence-corrected chi connectivity index (χ2v) is 2.04. The van der Waals surface area contributed by atoms with Gasteiger partial charge in [0.1, 0.15) is 0 Å². The van der Waals surface area contributed by atoms with Gasteiger partial charge in [0, 0.05) is 0 Å². The predicted molar refractivity (Wildman–Crippen MR) is 35.8 cm³/mol. The lowest BCUT2D eigenvalue weighted by atomic mass is 10.4. The third-order valence-electron chi connectivity index (χ3n) is 1.11. The molecule has 0 unspecified atom stereocenters. The summed E-state index contributed by atoms with van der Waals surface area (Å²) in [4.78, 5) is 10.3. The van der Waals surface area contributed by atoms with E-state index in [2.05, 4.69) is 20.3 Å². The van der Waals surface area contributed by atoms with Crippen LogP contribution in [-0.4, -0.2) is 34.4 Å². The van der Waals surface area contributed by atoms with Gasteiger partial charge in [-0.3, -0.25) is 0 Å². The van der Waals surface area contributed by atoms with Gasteiger partial charge < -0.3 is 10.4 Å². The number of carboxylic acids is 1. The molecule has 0 aromatic carbocycles. The summed E-state index contributed by atoms with van der Waals surface area (Å²) in [5, 5.41) is 16.6. The highest BCUT2D eigenvalue weighted by molar-refractivity contribution is 5.90. The molecule has 0 bridgehead atoms. The van der Waals surface area contributed by atoms with Crippen LogP contribution in [0, 0.1) is 0 Å². The Kier molecular flexibility index (Phi) is 2.72. The summed E-state index contributed by atoms with van der Waals surface area (Å²) in [6.45, 7) is -0.700. The topological polar surface area (TPSA) is 88.2 Å². The van der Waals surface area contributed by atoms with Gasteiger partial charge in [-0.2, -0.15) is 0 Å². The number of nitrogens with one attached hydrogen (secondary N) is 1. The average molecular weight is 193 g/mol. The number of hydrogen-bond donors (Lipinski definition) is 2. The fourth-order valence-electron chi connectivity index (χ4n) is 0.619. The lowest BCUT2D eigenvalue weighted by molar-refractivity contribution is 0.0685. The van der Waals surface area contributed by atoms with Gasteiger partial charge in [0.15, 0.2) is 0 Å². The van der Waals surface area contributed by atoms with Gasteiger partial charge >= 0.3 is 5.97 Å². The number of anilines is 1. The van der Waals surface area contributed by atoms with Crippen LogP contribution in [-0.2, 0) is 0 Å². The summed E-state index contributed by atoms with van der Waals surface area (Å²) in [6.07, 6.45) is -2.60. The molecule has 0 aliphatic heterocycles. The zero-order valence-corrected chi connectivity index (χ0v) is 6.20. The summed E-state index contributed by atoms with van der Waals surface area (Å²) in [7, 11) is 0. The molecule has 0 atom stereocenters. The zero-order valence-electron chi connectivity index (χ0n) is 6.20. The minimum atomic E-state index is -2.60. The molecule has 0 spiro atoms. The van der Waals surface area contributed by atoms with Gasteiger partial charge in [0.2, 0.25) is 11.5 Å². The highest BCUT2D eigenvalue weighted by atomic mass is 19.3. The molecule has 1 aromatic heterocycles. The fourth-order valence-corrected chi connectivity index (χ4v) is 0.619. The molecule has 0 saturated carbocycles. The van der Waals surface area contributed by atoms with Crippen molar-refractivity contribution in [2.75, 3.05) is 11.9 Å². The van der Waals surface area contributed by atoms with Crippen molar-refractivity contribution in [1.82, 2.24) is 10.3 Å². The molecule has 0 amide bonds. The predicted octanol–water partition coefficient (Wildman–Crippen LogP) is 0.445. The SMILES string of the molecule is O=C(O)c1nonc1NCC(F)F. The Balaban J connectivity index is 2.65. The molecular formula is C5H5F2N3O3. The van der Waals surface area contributed by atoms with E-state index in [0.29, 0.717) is 0 Å². The lowest BCUT2D eigenvalue weighted by Gasteiger charge is -1.99. The molecule has 1 aromatic rings. The maximum atomic E-state index is 11.7. The maximum Gasteiger partial charge on any atom is 0.362 e. The number of rotatable bonds is 4. The Labute approximate surface area is 70.5 Å². The minimum Gasteiger partial charge on any atom is -0.476 e. The molecule has 1 heterocycles. The first-order valence-electron chi connectivity index (χ1n) is 3.19. The van der Waals surface area contributed by atoms with E-state index in [1.165, 1.54) is 0 Å². The van der Waals surface area contributed by atoms with Crippen LogP contribution in [0.15, 0.2) is 4.63 Å². The Hall–Kier alpha value is -1.73. The van der Waals surface area contributed by atoms with E-state index in [1.54, 1.807) is 0 Å². The Morgan fingerprint density at radius 2 is 2.31 bits per heavy atom. The van der Waals surface area contributed by atoms with Crippen LogP contribution in [0.5, 0.6) is 0 Å². The summed E-state index contributed by atoms with van der Waals surface area (Å²) in [5.41, 5.74) is -0.513. The molecule has 0 aliphatic carbocycles. The second-order valence-electron chi connectivity index (χ2n) is 2.04. The zero-order chi connectivity index (χ0) is 9.84. The standard InChI is InChI=1S/C5H5F2N3O3/c6-2(7)1-8-4-3(5(11)12)9-13-10-4/h2H,1H2,(H,8,10)(H,11,12). The molecule has 1 rings (SSSR count). The molecule has 8 heteroatoms. The molecule has 0 aliphatic rings. The summed E-state index contributed by atoms with van der Waals surface area (Å²) in [5.74, 6) is -1.69. The van der Waals surface area contributed by atoms with Crippen molar-refractivity contribution in [2.24, 2.45) is 0 Å². The van der Waals surface area contributed by atoms with Gasteiger partial charge in [-0.1, -0.05) is 0 Å². The number of aromatic nitrogens is 2. The smallest absolute Gasteiger partial charge is 0.362 e. The van der Waals surface area contributed by atoms with Crippen LogP contribution < -0.4 is 5.32 Å². The molecule has 0 fully saturated rings. The molecule has 72 valence electrons. The number of nitrogens with zero attached hydrogens (tertiary/aromatic N) is 2. The third-order valence-corrected chi connectivity index (χ3v) is 1.11. The average Bonchev–Trinajstić information content (AvgIpc) is 2.47. The highest BCUT2D eigenvalue weighted by Gasteiger charge is 2.17. The summed E-state index contributed by atoms with van der Waals surface area (Å²) in [6, 6.07) is 0. The number of aromatic carboxylic acids is 1. The van der Waals surface area contributed by atoms with E-state index in [4.69, 9.17) is 5.11 Å². The second kappa shape index (κ2) is 3.78. The van der Waals surface area contributed by atoms with E-state index in [9.17, 15) is 13.6 Å². The molecule has 0 radical (unpaired) electrons. The first-order chi connectivity index (χ1) is 6.11. The van der Waals surface area contributed by atoms with E-state index in [-0.39, 0.29) is 5.82 Å². The number of hydrogen-bond acceptors (Lipinski definition) is 5. The van der Waals surface area contributed by atoms with E-state index >= 15 is 0 Å². The van der Waals surface area contributed by atoms with Crippen molar-refractivity contribution in [3.8, 4) is 0 Å². The summed E-state index contributed by atoms with van der Waals surface area (Å²) < 4.78 is 27.4. The number of halogens is 2.